The second-order valence-corrected chi connectivity index (χ2v) is 8.09. The van der Waals surface area contributed by atoms with E-state index in [1.807, 2.05) is 55.8 Å². The van der Waals surface area contributed by atoms with Gasteiger partial charge in [0.25, 0.3) is 0 Å². The molecule has 32 heavy (non-hydrogen) atoms. The highest BCUT2D eigenvalue weighted by molar-refractivity contribution is 6.10. The summed E-state index contributed by atoms with van der Waals surface area (Å²) in [6.45, 7) is 5.76. The number of Topliss-reactive ketones (excluding diaryl/α,β-unsaturated/α-hetero) is 1. The smallest absolute Gasteiger partial charge is 0.336 e. The second kappa shape index (κ2) is 8.54. The number of carbonyl (C=O) groups excluding carboxylic acids is 1. The van der Waals surface area contributed by atoms with Gasteiger partial charge in [-0.2, -0.15) is 0 Å². The summed E-state index contributed by atoms with van der Waals surface area (Å²) in [5.74, 6) is 1.13. The first-order chi connectivity index (χ1) is 15.3. The monoisotopic (exact) mass is 433 g/mol. The number of benzene rings is 2. The van der Waals surface area contributed by atoms with Gasteiger partial charge in [-0.1, -0.05) is 13.3 Å². The average Bonchev–Trinajstić information content (AvgIpc) is 3.01. The minimum atomic E-state index is -0.381. The Bertz CT molecular complexity index is 1390. The van der Waals surface area contributed by atoms with Gasteiger partial charge in [-0.05, 0) is 61.7 Å². The maximum absolute atomic E-state index is 13.3. The highest BCUT2D eigenvalue weighted by Crippen LogP contribution is 2.32. The van der Waals surface area contributed by atoms with E-state index in [2.05, 4.69) is 6.92 Å². The Morgan fingerprint density at radius 3 is 2.62 bits per heavy atom. The van der Waals surface area contributed by atoms with E-state index in [4.69, 9.17) is 13.9 Å². The Hall–Kier alpha value is -3.54. The number of aryl methyl sites for hydroxylation is 3. The number of hydrogen-bond donors (Lipinski definition) is 0. The molecule has 2 heterocycles. The van der Waals surface area contributed by atoms with Crippen LogP contribution in [0.25, 0.3) is 21.9 Å². The van der Waals surface area contributed by atoms with Gasteiger partial charge in [0.2, 0.25) is 5.78 Å². The zero-order valence-corrected chi connectivity index (χ0v) is 19.1. The molecule has 6 nitrogen and oxygen atoms in total. The topological polar surface area (TPSA) is 70.7 Å². The van der Waals surface area contributed by atoms with Crippen molar-refractivity contribution in [2.24, 2.45) is 7.05 Å². The Kier molecular flexibility index (Phi) is 5.78. The lowest BCUT2D eigenvalue weighted by Gasteiger charge is -2.13. The van der Waals surface area contributed by atoms with E-state index in [9.17, 15) is 9.59 Å². The number of aromatic nitrogens is 1. The molecular formula is C26H27NO5. The van der Waals surface area contributed by atoms with E-state index in [-0.39, 0.29) is 18.0 Å². The molecule has 0 saturated carbocycles. The normalized spacial score (nSPS) is 11.3. The van der Waals surface area contributed by atoms with E-state index in [1.54, 1.807) is 7.11 Å². The highest BCUT2D eigenvalue weighted by atomic mass is 16.5. The van der Waals surface area contributed by atoms with Crippen LogP contribution in [0.2, 0.25) is 0 Å². The summed E-state index contributed by atoms with van der Waals surface area (Å²) >= 11 is 0. The van der Waals surface area contributed by atoms with E-state index >= 15 is 0 Å². The number of ketones is 1. The van der Waals surface area contributed by atoms with Crippen molar-refractivity contribution < 1.29 is 18.7 Å². The molecule has 0 bridgehead atoms. The van der Waals surface area contributed by atoms with Crippen LogP contribution < -0.4 is 15.1 Å². The van der Waals surface area contributed by atoms with Gasteiger partial charge >= 0.3 is 5.63 Å². The van der Waals surface area contributed by atoms with Crippen LogP contribution in [0.5, 0.6) is 11.5 Å². The lowest BCUT2D eigenvalue weighted by atomic mass is 10.0. The van der Waals surface area contributed by atoms with Crippen molar-refractivity contribution in [3.63, 3.8) is 0 Å². The van der Waals surface area contributed by atoms with Gasteiger partial charge < -0.3 is 18.5 Å². The van der Waals surface area contributed by atoms with Crippen molar-refractivity contribution in [3.8, 4) is 11.5 Å². The van der Waals surface area contributed by atoms with E-state index < -0.39 is 0 Å². The molecule has 0 radical (unpaired) electrons. The minimum Gasteiger partial charge on any atom is -0.497 e. The van der Waals surface area contributed by atoms with Crippen LogP contribution in [-0.2, 0) is 13.5 Å². The molecule has 0 spiro atoms. The largest absolute Gasteiger partial charge is 0.497 e. The minimum absolute atomic E-state index is 0.120. The fourth-order valence-corrected chi connectivity index (χ4v) is 4.30. The van der Waals surface area contributed by atoms with E-state index in [0.29, 0.717) is 22.6 Å². The molecular weight excluding hydrogens is 406 g/mol. The molecule has 4 rings (SSSR count). The molecule has 0 aliphatic carbocycles. The first-order valence-electron chi connectivity index (χ1n) is 10.7. The lowest BCUT2D eigenvalue weighted by molar-refractivity contribution is 0.0923. The van der Waals surface area contributed by atoms with Crippen molar-refractivity contribution in [3.05, 3.63) is 69.2 Å². The molecule has 166 valence electrons. The SMILES string of the molecule is CCCc1cc(=O)oc2cc(C)cc(OCC(=O)c3c(C)n(C)c4ccc(OC)cc34)c12. The Morgan fingerprint density at radius 1 is 1.12 bits per heavy atom. The number of carbonyl (C=O) groups is 1. The van der Waals surface area contributed by atoms with Crippen LogP contribution >= 0.6 is 0 Å². The van der Waals surface area contributed by atoms with Crippen molar-refractivity contribution in [2.75, 3.05) is 13.7 Å². The molecule has 0 unspecified atom stereocenters. The van der Waals surface area contributed by atoms with Crippen molar-refractivity contribution in [2.45, 2.75) is 33.6 Å². The Labute approximate surface area is 186 Å². The molecule has 0 atom stereocenters. The molecule has 6 heteroatoms. The number of methoxy groups -OCH3 is 1. The number of fused-ring (bicyclic) bond motifs is 2. The number of nitrogens with zero attached hydrogens (tertiary/aromatic N) is 1. The van der Waals surface area contributed by atoms with Crippen LogP contribution in [0.1, 0.15) is 40.5 Å². The Morgan fingerprint density at radius 2 is 1.91 bits per heavy atom. The summed E-state index contributed by atoms with van der Waals surface area (Å²) in [7, 11) is 3.55. The third kappa shape index (κ3) is 3.77. The fourth-order valence-electron chi connectivity index (χ4n) is 4.30. The summed E-state index contributed by atoms with van der Waals surface area (Å²) in [6.07, 6.45) is 1.60. The van der Waals surface area contributed by atoms with Crippen molar-refractivity contribution in [1.82, 2.24) is 4.57 Å². The molecule has 0 saturated heterocycles. The quantitative estimate of drug-likeness (QED) is 0.299. The predicted octanol–water partition coefficient (Wildman–Crippen LogP) is 5.12. The highest BCUT2D eigenvalue weighted by Gasteiger charge is 2.21. The molecule has 4 aromatic rings. The van der Waals surface area contributed by atoms with E-state index in [0.717, 1.165) is 46.0 Å². The van der Waals surface area contributed by atoms with Crippen LogP contribution in [-0.4, -0.2) is 24.1 Å². The van der Waals surface area contributed by atoms with Crippen LogP contribution in [0.4, 0.5) is 0 Å². The van der Waals surface area contributed by atoms with Gasteiger partial charge in [0.05, 0.1) is 12.5 Å². The van der Waals surface area contributed by atoms with Crippen LogP contribution in [0.15, 0.2) is 45.6 Å². The van der Waals surface area contributed by atoms with Gasteiger partial charge in [-0.15, -0.1) is 0 Å². The first-order valence-corrected chi connectivity index (χ1v) is 10.7. The van der Waals surface area contributed by atoms with Gasteiger partial charge in [0.1, 0.15) is 17.1 Å². The number of hydrogen-bond acceptors (Lipinski definition) is 5. The summed E-state index contributed by atoms with van der Waals surface area (Å²) in [6, 6.07) is 10.9. The zero-order chi connectivity index (χ0) is 23.0. The van der Waals surface area contributed by atoms with Crippen molar-refractivity contribution >= 4 is 27.7 Å². The third-order valence-corrected chi connectivity index (χ3v) is 5.89. The maximum atomic E-state index is 13.3. The molecule has 2 aromatic carbocycles. The fraction of sp³-hybridized carbons (Fsp3) is 0.308. The third-order valence-electron chi connectivity index (χ3n) is 5.89. The molecule has 0 fully saturated rings. The molecule has 2 aromatic heterocycles. The van der Waals surface area contributed by atoms with Gasteiger partial charge in [0, 0.05) is 35.3 Å². The van der Waals surface area contributed by atoms with Gasteiger partial charge in [-0.25, -0.2) is 4.79 Å². The summed E-state index contributed by atoms with van der Waals surface area (Å²) < 4.78 is 18.8. The lowest BCUT2D eigenvalue weighted by Crippen LogP contribution is -2.13. The molecule has 0 aliphatic heterocycles. The summed E-state index contributed by atoms with van der Waals surface area (Å²) in [5.41, 5.74) is 4.31. The predicted molar refractivity (Wildman–Crippen MR) is 125 cm³/mol. The van der Waals surface area contributed by atoms with Gasteiger partial charge in [0.15, 0.2) is 6.61 Å². The number of rotatable bonds is 7. The Balaban J connectivity index is 1.74. The molecule has 0 amide bonds. The van der Waals surface area contributed by atoms with Gasteiger partial charge in [-0.3, -0.25) is 4.79 Å². The second-order valence-electron chi connectivity index (χ2n) is 8.09. The first kappa shape index (κ1) is 21.7. The molecule has 0 N–H and O–H groups in total. The van der Waals surface area contributed by atoms with Crippen molar-refractivity contribution in [1.29, 1.82) is 0 Å². The summed E-state index contributed by atoms with van der Waals surface area (Å²) in [5, 5.41) is 1.59. The molecule has 0 aliphatic rings. The van der Waals surface area contributed by atoms with Crippen LogP contribution in [0.3, 0.4) is 0 Å². The maximum Gasteiger partial charge on any atom is 0.336 e. The average molecular weight is 434 g/mol. The summed E-state index contributed by atoms with van der Waals surface area (Å²) in [4.78, 5) is 25.3. The number of ether oxygens (including phenoxy) is 2. The standard InChI is InChI=1S/C26H27NO5/c1-6-7-17-12-24(29)32-23-11-15(2)10-22(26(17)23)31-14-21(28)25-16(3)27(4)20-9-8-18(30-5)13-19(20)25/h8-13H,6-7,14H2,1-5H3. The zero-order valence-electron chi connectivity index (χ0n) is 19.1. The van der Waals surface area contributed by atoms with E-state index in [1.165, 1.54) is 6.07 Å². The van der Waals surface area contributed by atoms with Crippen LogP contribution in [0, 0.1) is 13.8 Å².